The molecule has 2 aromatic rings. The second-order valence-electron chi connectivity index (χ2n) is 2.39. The van der Waals surface area contributed by atoms with Crippen LogP contribution in [0, 0.1) is 0 Å². The van der Waals surface area contributed by atoms with Gasteiger partial charge in [-0.3, -0.25) is 10.1 Å². The van der Waals surface area contributed by atoms with Gasteiger partial charge in [0, 0.05) is 0 Å². The van der Waals surface area contributed by atoms with Crippen molar-refractivity contribution in [2.24, 2.45) is 0 Å². The molecule has 2 heterocycles. The molecule has 72 valence electrons. The van der Waals surface area contributed by atoms with Crippen LogP contribution in [0.1, 0.15) is 5.82 Å². The van der Waals surface area contributed by atoms with Gasteiger partial charge in [0.25, 0.3) is 0 Å². The average molecular weight is 194 g/mol. The Kier molecular flexibility index (Phi) is 2.13. The van der Waals surface area contributed by atoms with Crippen molar-refractivity contribution in [3.05, 3.63) is 12.2 Å². The fraction of sp³-hybridized carbons (Fsp3) is 0.200. The van der Waals surface area contributed by atoms with Crippen LogP contribution in [0.3, 0.4) is 0 Å². The van der Waals surface area contributed by atoms with Gasteiger partial charge in [0.2, 0.25) is 11.9 Å². The number of nitrogens with one attached hydrogen (secondary N) is 3. The highest BCUT2D eigenvalue weighted by Crippen LogP contribution is 1.94. The van der Waals surface area contributed by atoms with Crippen LogP contribution in [0.2, 0.25) is 0 Å². The molecular weight excluding hydrogens is 188 g/mol. The van der Waals surface area contributed by atoms with Gasteiger partial charge in [0.15, 0.2) is 5.82 Å². The van der Waals surface area contributed by atoms with E-state index in [4.69, 9.17) is 0 Å². The first-order valence-corrected chi connectivity index (χ1v) is 3.72. The Hall–Kier alpha value is -2.32. The first-order chi connectivity index (χ1) is 6.84. The molecule has 0 aliphatic carbocycles. The maximum Gasteiger partial charge on any atom is 0.234 e. The number of amides is 1. The minimum atomic E-state index is -0.289. The molecule has 9 nitrogen and oxygen atoms in total. The summed E-state index contributed by atoms with van der Waals surface area (Å²) in [6, 6.07) is 0. The lowest BCUT2D eigenvalue weighted by Crippen LogP contribution is -2.16. The van der Waals surface area contributed by atoms with E-state index in [0.717, 1.165) is 0 Å². The molecule has 2 aromatic heterocycles. The zero-order chi connectivity index (χ0) is 9.80. The third kappa shape index (κ3) is 1.88. The zero-order valence-corrected chi connectivity index (χ0v) is 6.93. The Balaban J connectivity index is 1.91. The summed E-state index contributed by atoms with van der Waals surface area (Å²) in [4.78, 5) is 15.0. The van der Waals surface area contributed by atoms with Gasteiger partial charge in [-0.2, -0.15) is 15.3 Å². The number of nitrogens with zero attached hydrogens (tertiary/aromatic N) is 5. The van der Waals surface area contributed by atoms with Crippen LogP contribution in [-0.4, -0.2) is 41.7 Å². The second-order valence-corrected chi connectivity index (χ2v) is 2.39. The monoisotopic (exact) mass is 194 g/mol. The van der Waals surface area contributed by atoms with Gasteiger partial charge in [-0.15, -0.1) is 10.2 Å². The minimum absolute atomic E-state index is 0.0389. The third-order valence-electron chi connectivity index (χ3n) is 1.38. The molecule has 0 saturated heterocycles. The second kappa shape index (κ2) is 3.60. The van der Waals surface area contributed by atoms with E-state index in [0.29, 0.717) is 11.8 Å². The van der Waals surface area contributed by atoms with E-state index >= 15 is 0 Å². The van der Waals surface area contributed by atoms with Crippen LogP contribution < -0.4 is 5.32 Å². The number of carbonyl (C=O) groups excluding carboxylic acids is 1. The van der Waals surface area contributed by atoms with E-state index in [1.807, 2.05) is 0 Å². The Bertz CT molecular complexity index is 353. The van der Waals surface area contributed by atoms with Gasteiger partial charge in [0.1, 0.15) is 6.33 Å². The largest absolute Gasteiger partial charge is 0.295 e. The molecule has 0 bridgehead atoms. The molecule has 0 fully saturated rings. The summed E-state index contributed by atoms with van der Waals surface area (Å²) in [5.74, 6) is 0.323. The Morgan fingerprint density at radius 2 is 2.50 bits per heavy atom. The molecule has 14 heavy (non-hydrogen) atoms. The van der Waals surface area contributed by atoms with Crippen molar-refractivity contribution in [3.63, 3.8) is 0 Å². The van der Waals surface area contributed by atoms with Crippen LogP contribution in [0.5, 0.6) is 0 Å². The smallest absolute Gasteiger partial charge is 0.234 e. The summed E-state index contributed by atoms with van der Waals surface area (Å²) in [5, 5.41) is 21.4. The molecule has 0 radical (unpaired) electrons. The van der Waals surface area contributed by atoms with Gasteiger partial charge >= 0.3 is 0 Å². The van der Waals surface area contributed by atoms with Gasteiger partial charge in [0.05, 0.1) is 6.42 Å². The van der Waals surface area contributed by atoms with Crippen molar-refractivity contribution in [3.8, 4) is 0 Å². The lowest BCUT2D eigenvalue weighted by molar-refractivity contribution is -0.115. The topological polar surface area (TPSA) is 125 Å². The van der Waals surface area contributed by atoms with Crippen LogP contribution in [0.15, 0.2) is 6.33 Å². The summed E-state index contributed by atoms with van der Waals surface area (Å²) in [5.41, 5.74) is 0. The molecule has 0 spiro atoms. The standard InChI is InChI=1S/C5H6N8O/c14-4(1-3-9-12-13-10-3)8-5-6-2-7-11-5/h2H,1H2,(H,9,10,12,13)(H2,6,7,8,11,14). The highest BCUT2D eigenvalue weighted by molar-refractivity contribution is 5.89. The number of aromatic amines is 2. The summed E-state index contributed by atoms with van der Waals surface area (Å²) in [6.07, 6.45) is 1.33. The van der Waals surface area contributed by atoms with E-state index in [1.165, 1.54) is 6.33 Å². The lowest BCUT2D eigenvalue weighted by atomic mass is 10.4. The maximum atomic E-state index is 11.3. The van der Waals surface area contributed by atoms with Crippen molar-refractivity contribution in [1.29, 1.82) is 0 Å². The van der Waals surface area contributed by atoms with Gasteiger partial charge in [-0.25, -0.2) is 5.10 Å². The van der Waals surface area contributed by atoms with Crippen molar-refractivity contribution in [2.45, 2.75) is 6.42 Å². The Labute approximate surface area is 77.3 Å². The highest BCUT2D eigenvalue weighted by atomic mass is 16.1. The van der Waals surface area contributed by atoms with Crippen molar-refractivity contribution < 1.29 is 4.79 Å². The van der Waals surface area contributed by atoms with E-state index in [9.17, 15) is 4.79 Å². The van der Waals surface area contributed by atoms with Crippen LogP contribution in [0.25, 0.3) is 0 Å². The highest BCUT2D eigenvalue weighted by Gasteiger charge is 2.08. The summed E-state index contributed by atoms with van der Waals surface area (Å²) in [6.45, 7) is 0. The lowest BCUT2D eigenvalue weighted by Gasteiger charge is -1.96. The molecule has 0 unspecified atom stereocenters. The predicted molar refractivity (Wildman–Crippen MR) is 42.9 cm³/mol. The van der Waals surface area contributed by atoms with Crippen LogP contribution in [0.4, 0.5) is 5.95 Å². The molecule has 3 N–H and O–H groups in total. The number of anilines is 1. The Morgan fingerprint density at radius 3 is 3.14 bits per heavy atom. The molecule has 0 aliphatic heterocycles. The zero-order valence-electron chi connectivity index (χ0n) is 6.93. The number of H-pyrrole nitrogens is 2. The molecule has 0 aromatic carbocycles. The molecule has 9 heteroatoms. The van der Waals surface area contributed by atoms with E-state index in [1.54, 1.807) is 0 Å². The summed E-state index contributed by atoms with van der Waals surface area (Å²) in [7, 11) is 0. The molecule has 2 rings (SSSR count). The van der Waals surface area contributed by atoms with Gasteiger partial charge in [-0.05, 0) is 0 Å². The summed E-state index contributed by atoms with van der Waals surface area (Å²) >= 11 is 0. The molecule has 1 amide bonds. The SMILES string of the molecule is O=C(Cc1nn[nH]n1)Nc1ncn[nH]1. The first-order valence-electron chi connectivity index (χ1n) is 3.72. The average Bonchev–Trinajstić information content (AvgIpc) is 2.76. The molecule has 0 saturated carbocycles. The molecular formula is C5H6N8O. The number of tetrazole rings is 1. The van der Waals surface area contributed by atoms with Crippen molar-refractivity contribution >= 4 is 11.9 Å². The number of hydrogen-bond acceptors (Lipinski definition) is 6. The number of carbonyl (C=O) groups is 1. The number of rotatable bonds is 3. The van der Waals surface area contributed by atoms with Gasteiger partial charge in [-0.1, -0.05) is 5.21 Å². The van der Waals surface area contributed by atoms with Gasteiger partial charge < -0.3 is 0 Å². The maximum absolute atomic E-state index is 11.3. The van der Waals surface area contributed by atoms with E-state index < -0.39 is 0 Å². The van der Waals surface area contributed by atoms with Crippen LogP contribution in [-0.2, 0) is 11.2 Å². The number of hydrogen-bond donors (Lipinski definition) is 3. The fourth-order valence-corrected chi connectivity index (χ4v) is 0.843. The molecule has 0 atom stereocenters. The van der Waals surface area contributed by atoms with Crippen molar-refractivity contribution in [1.82, 2.24) is 35.8 Å². The Morgan fingerprint density at radius 1 is 1.57 bits per heavy atom. The first kappa shape index (κ1) is 8.29. The minimum Gasteiger partial charge on any atom is -0.295 e. The molecule has 0 aliphatic rings. The quantitative estimate of drug-likeness (QED) is 0.546. The van der Waals surface area contributed by atoms with E-state index in [2.05, 4.69) is 41.1 Å². The predicted octanol–water partition coefficient (Wildman–Crippen LogP) is -1.50. The fourth-order valence-electron chi connectivity index (χ4n) is 0.843. The third-order valence-corrected chi connectivity index (χ3v) is 1.38. The van der Waals surface area contributed by atoms with Crippen molar-refractivity contribution in [2.75, 3.05) is 5.32 Å². The number of aromatic nitrogens is 7. The van der Waals surface area contributed by atoms with E-state index in [-0.39, 0.29) is 12.3 Å². The normalized spacial score (nSPS) is 10.0. The summed E-state index contributed by atoms with van der Waals surface area (Å²) < 4.78 is 0. The van der Waals surface area contributed by atoms with Crippen LogP contribution >= 0.6 is 0 Å².